The second kappa shape index (κ2) is 5.77. The molecule has 0 radical (unpaired) electrons. The van der Waals surface area contributed by atoms with Gasteiger partial charge in [0.2, 0.25) is 0 Å². The number of ether oxygens (including phenoxy) is 1. The highest BCUT2D eigenvalue weighted by molar-refractivity contribution is 5.77. The van der Waals surface area contributed by atoms with Crippen molar-refractivity contribution in [1.82, 2.24) is 15.3 Å². The number of esters is 1. The van der Waals surface area contributed by atoms with E-state index in [0.29, 0.717) is 6.42 Å². The molecule has 2 N–H and O–H groups in total. The Bertz CT molecular complexity index is 703. The first-order valence-corrected chi connectivity index (χ1v) is 7.60. The topological polar surface area (TPSA) is 67.0 Å². The van der Waals surface area contributed by atoms with E-state index in [1.165, 1.54) is 12.1 Å². The van der Waals surface area contributed by atoms with E-state index >= 15 is 0 Å². The predicted molar refractivity (Wildman–Crippen MR) is 83.3 cm³/mol. The van der Waals surface area contributed by atoms with E-state index in [2.05, 4.69) is 15.3 Å². The number of aromatic amines is 1. The molecule has 3 rings (SSSR count). The number of benzene rings is 1. The molecule has 0 spiro atoms. The molecule has 2 heterocycles. The lowest BCUT2D eigenvalue weighted by Crippen LogP contribution is -2.47. The Labute approximate surface area is 134 Å². The summed E-state index contributed by atoms with van der Waals surface area (Å²) in [6.07, 6.45) is 2.10. The molecule has 0 fully saturated rings. The third-order valence-corrected chi connectivity index (χ3v) is 3.70. The van der Waals surface area contributed by atoms with Gasteiger partial charge in [-0.2, -0.15) is 0 Å². The molecule has 0 saturated heterocycles. The number of carbonyl (C=O) groups is 1. The molecule has 1 aromatic carbocycles. The van der Waals surface area contributed by atoms with Crippen LogP contribution in [0.25, 0.3) is 0 Å². The van der Waals surface area contributed by atoms with Crippen LogP contribution in [0.3, 0.4) is 0 Å². The molecule has 122 valence electrons. The Morgan fingerprint density at radius 2 is 2.00 bits per heavy atom. The summed E-state index contributed by atoms with van der Waals surface area (Å²) in [5.74, 6) is -0.597. The molecular weight excluding hydrogens is 297 g/mol. The lowest BCUT2D eigenvalue weighted by molar-refractivity contribution is -0.157. The van der Waals surface area contributed by atoms with Crippen molar-refractivity contribution >= 4 is 5.97 Å². The molecule has 6 heteroatoms. The molecule has 5 nitrogen and oxygen atoms in total. The van der Waals surface area contributed by atoms with Crippen LogP contribution in [0.1, 0.15) is 43.8 Å². The molecule has 1 aliphatic rings. The van der Waals surface area contributed by atoms with Crippen molar-refractivity contribution in [3.63, 3.8) is 0 Å². The third-order valence-electron chi connectivity index (χ3n) is 3.70. The minimum absolute atomic E-state index is 0.275. The first-order valence-electron chi connectivity index (χ1n) is 7.60. The Kier molecular flexibility index (Phi) is 3.93. The van der Waals surface area contributed by atoms with Gasteiger partial charge in [-0.15, -0.1) is 0 Å². The van der Waals surface area contributed by atoms with Crippen molar-refractivity contribution in [3.05, 3.63) is 53.4 Å². The Morgan fingerprint density at radius 3 is 2.65 bits per heavy atom. The van der Waals surface area contributed by atoms with Crippen molar-refractivity contribution < 1.29 is 13.9 Å². The van der Waals surface area contributed by atoms with Crippen LogP contribution in [0.2, 0.25) is 0 Å². The number of carbonyl (C=O) groups excluding carboxylic acids is 1. The number of H-pyrrole nitrogens is 1. The maximum absolute atomic E-state index is 13.2. The fraction of sp³-hybridized carbons (Fsp3) is 0.412. The summed E-state index contributed by atoms with van der Waals surface area (Å²) in [4.78, 5) is 19.8. The van der Waals surface area contributed by atoms with Crippen LogP contribution in [0, 0.1) is 5.82 Å². The SMILES string of the molecule is CC(C)(C)OC(=O)C1Cc2[nH]cnc2C(c2ccc(F)cc2)N1. The molecule has 2 unspecified atom stereocenters. The van der Waals surface area contributed by atoms with Gasteiger partial charge in [-0.3, -0.25) is 10.1 Å². The number of hydrogen-bond acceptors (Lipinski definition) is 4. The summed E-state index contributed by atoms with van der Waals surface area (Å²) in [5.41, 5.74) is 2.04. The quantitative estimate of drug-likeness (QED) is 0.835. The van der Waals surface area contributed by atoms with E-state index in [9.17, 15) is 9.18 Å². The minimum Gasteiger partial charge on any atom is -0.459 e. The number of fused-ring (bicyclic) bond motifs is 1. The molecule has 1 aromatic heterocycles. The highest BCUT2D eigenvalue weighted by Gasteiger charge is 2.35. The van der Waals surface area contributed by atoms with Gasteiger partial charge in [-0.1, -0.05) is 12.1 Å². The summed E-state index contributed by atoms with van der Waals surface area (Å²) in [5, 5.41) is 3.27. The molecule has 2 atom stereocenters. The molecule has 1 aliphatic heterocycles. The number of rotatable bonds is 2. The highest BCUT2D eigenvalue weighted by atomic mass is 19.1. The largest absolute Gasteiger partial charge is 0.459 e. The van der Waals surface area contributed by atoms with Crippen molar-refractivity contribution in [3.8, 4) is 0 Å². The van der Waals surface area contributed by atoms with Gasteiger partial charge in [0, 0.05) is 12.1 Å². The monoisotopic (exact) mass is 317 g/mol. The van der Waals surface area contributed by atoms with E-state index in [4.69, 9.17) is 4.74 Å². The number of hydrogen-bond donors (Lipinski definition) is 2. The van der Waals surface area contributed by atoms with Crippen LogP contribution >= 0.6 is 0 Å². The summed E-state index contributed by atoms with van der Waals surface area (Å²) >= 11 is 0. The maximum atomic E-state index is 13.2. The van der Waals surface area contributed by atoms with Crippen molar-refractivity contribution in [2.45, 2.75) is 44.9 Å². The molecular formula is C17H20FN3O2. The zero-order chi connectivity index (χ0) is 16.6. The van der Waals surface area contributed by atoms with Gasteiger partial charge in [-0.05, 0) is 38.5 Å². The minimum atomic E-state index is -0.543. The summed E-state index contributed by atoms with van der Waals surface area (Å²) in [6, 6.07) is 5.45. The molecule has 23 heavy (non-hydrogen) atoms. The second-order valence-electron chi connectivity index (χ2n) is 6.71. The molecule has 0 amide bonds. The summed E-state index contributed by atoms with van der Waals surface area (Å²) in [6.45, 7) is 5.52. The first-order chi connectivity index (χ1) is 10.8. The predicted octanol–water partition coefficient (Wildman–Crippen LogP) is 2.49. The van der Waals surface area contributed by atoms with Crippen molar-refractivity contribution in [2.24, 2.45) is 0 Å². The van der Waals surface area contributed by atoms with Gasteiger partial charge in [0.15, 0.2) is 0 Å². The van der Waals surface area contributed by atoms with E-state index in [1.807, 2.05) is 20.8 Å². The van der Waals surface area contributed by atoms with Gasteiger partial charge < -0.3 is 9.72 Å². The molecule has 2 aromatic rings. The number of imidazole rings is 1. The summed E-state index contributed by atoms with van der Waals surface area (Å²) in [7, 11) is 0. The van der Waals surface area contributed by atoms with Crippen LogP contribution in [0.4, 0.5) is 4.39 Å². The van der Waals surface area contributed by atoms with E-state index in [0.717, 1.165) is 17.0 Å². The third kappa shape index (κ3) is 3.42. The number of halogens is 1. The fourth-order valence-corrected chi connectivity index (χ4v) is 2.72. The van der Waals surface area contributed by atoms with E-state index in [1.54, 1.807) is 18.5 Å². The average molecular weight is 317 g/mol. The normalized spacial score (nSPS) is 20.9. The number of nitrogens with zero attached hydrogens (tertiary/aromatic N) is 1. The lowest BCUT2D eigenvalue weighted by Gasteiger charge is -2.31. The zero-order valence-corrected chi connectivity index (χ0v) is 13.4. The van der Waals surface area contributed by atoms with Crippen LogP contribution < -0.4 is 5.32 Å². The van der Waals surface area contributed by atoms with Gasteiger partial charge in [0.05, 0.1) is 18.1 Å². The Hall–Kier alpha value is -2.21. The number of aromatic nitrogens is 2. The smallest absolute Gasteiger partial charge is 0.324 e. The van der Waals surface area contributed by atoms with Crippen LogP contribution in [-0.2, 0) is 16.0 Å². The fourth-order valence-electron chi connectivity index (χ4n) is 2.72. The molecule has 0 bridgehead atoms. The standard InChI is InChI=1S/C17H20FN3O2/c1-17(2,3)23-16(22)13-8-12-15(20-9-19-12)14(21-13)10-4-6-11(18)7-5-10/h4-7,9,13-14,21H,8H2,1-3H3,(H,19,20). The second-order valence-corrected chi connectivity index (χ2v) is 6.71. The van der Waals surface area contributed by atoms with Crippen molar-refractivity contribution in [2.75, 3.05) is 0 Å². The molecule has 0 aliphatic carbocycles. The van der Waals surface area contributed by atoms with E-state index < -0.39 is 11.6 Å². The van der Waals surface area contributed by atoms with Gasteiger partial charge >= 0.3 is 5.97 Å². The van der Waals surface area contributed by atoms with Crippen molar-refractivity contribution in [1.29, 1.82) is 0 Å². The maximum Gasteiger partial charge on any atom is 0.324 e. The highest BCUT2D eigenvalue weighted by Crippen LogP contribution is 2.29. The van der Waals surface area contributed by atoms with Gasteiger partial charge in [0.1, 0.15) is 17.5 Å². The first kappa shape index (κ1) is 15.7. The number of nitrogens with one attached hydrogen (secondary N) is 2. The van der Waals surface area contributed by atoms with Gasteiger partial charge in [0.25, 0.3) is 0 Å². The Morgan fingerprint density at radius 1 is 1.30 bits per heavy atom. The molecule has 0 saturated carbocycles. The van der Waals surface area contributed by atoms with Gasteiger partial charge in [-0.25, -0.2) is 9.37 Å². The van der Waals surface area contributed by atoms with Crippen LogP contribution in [0.15, 0.2) is 30.6 Å². The Balaban J connectivity index is 1.88. The zero-order valence-electron chi connectivity index (χ0n) is 13.4. The summed E-state index contributed by atoms with van der Waals surface area (Å²) < 4.78 is 18.6. The van der Waals surface area contributed by atoms with Crippen LogP contribution in [-0.4, -0.2) is 27.6 Å². The van der Waals surface area contributed by atoms with E-state index in [-0.39, 0.29) is 17.8 Å². The average Bonchev–Trinajstić information content (AvgIpc) is 2.93. The lowest BCUT2D eigenvalue weighted by atomic mass is 9.94. The van der Waals surface area contributed by atoms with Crippen LogP contribution in [0.5, 0.6) is 0 Å².